The van der Waals surface area contributed by atoms with Gasteiger partial charge in [0.25, 0.3) is 5.91 Å². The van der Waals surface area contributed by atoms with E-state index in [0.29, 0.717) is 11.5 Å². The maximum Gasteiger partial charge on any atom is 0.323 e. The van der Waals surface area contributed by atoms with Crippen LogP contribution in [-0.4, -0.2) is 39.4 Å². The van der Waals surface area contributed by atoms with Crippen LogP contribution in [0.3, 0.4) is 0 Å². The van der Waals surface area contributed by atoms with Crippen LogP contribution in [0, 0.1) is 17.8 Å². The SMILES string of the molecule is CCOc1ccc(C23CC4CC(CC(C4)C2)C3)cc1/C=C1\SC(=S)N(CC(=O)O)C1=O. The third-order valence-electron chi connectivity index (χ3n) is 7.41. The van der Waals surface area contributed by atoms with Gasteiger partial charge in [0, 0.05) is 5.56 Å². The summed E-state index contributed by atoms with van der Waals surface area (Å²) in [6, 6.07) is 6.48. The molecule has 1 aliphatic heterocycles. The van der Waals surface area contributed by atoms with Crippen LogP contribution < -0.4 is 4.74 Å². The first kappa shape index (κ1) is 21.0. The quantitative estimate of drug-likeness (QED) is 0.487. The predicted octanol–water partition coefficient (Wildman–Crippen LogP) is 4.84. The Morgan fingerprint density at radius 3 is 2.48 bits per heavy atom. The maximum absolute atomic E-state index is 12.8. The highest BCUT2D eigenvalue weighted by molar-refractivity contribution is 8.26. The molecule has 4 bridgehead atoms. The number of carbonyl (C=O) groups is 2. The number of thioether (sulfide) groups is 1. The Morgan fingerprint density at radius 2 is 1.90 bits per heavy atom. The molecule has 5 aliphatic rings. The van der Waals surface area contributed by atoms with Crippen molar-refractivity contribution >= 4 is 46.3 Å². The van der Waals surface area contributed by atoms with Crippen LogP contribution in [0.1, 0.15) is 56.6 Å². The minimum absolute atomic E-state index is 0.254. The normalized spacial score (nSPS) is 32.9. The van der Waals surface area contributed by atoms with Crippen LogP contribution in [0.15, 0.2) is 23.1 Å². The van der Waals surface area contributed by atoms with Gasteiger partial charge in [0.2, 0.25) is 0 Å². The summed E-state index contributed by atoms with van der Waals surface area (Å²) < 4.78 is 6.15. The van der Waals surface area contributed by atoms with Crippen molar-refractivity contribution in [2.75, 3.05) is 13.2 Å². The number of nitrogens with zero attached hydrogens (tertiary/aromatic N) is 1. The number of rotatable bonds is 6. The first-order valence-corrected chi connectivity index (χ1v) is 12.3. The zero-order chi connectivity index (χ0) is 21.8. The fourth-order valence-corrected chi connectivity index (χ4v) is 7.90. The van der Waals surface area contributed by atoms with E-state index in [0.717, 1.165) is 45.7 Å². The molecule has 4 aliphatic carbocycles. The van der Waals surface area contributed by atoms with Crippen molar-refractivity contribution in [1.82, 2.24) is 4.90 Å². The Morgan fingerprint density at radius 1 is 1.26 bits per heavy atom. The summed E-state index contributed by atoms with van der Waals surface area (Å²) in [7, 11) is 0. The van der Waals surface area contributed by atoms with Crippen molar-refractivity contribution in [1.29, 1.82) is 0 Å². The van der Waals surface area contributed by atoms with Crippen LogP contribution in [0.5, 0.6) is 5.75 Å². The number of carboxylic acids is 1. The zero-order valence-electron chi connectivity index (χ0n) is 17.6. The molecule has 1 amide bonds. The van der Waals surface area contributed by atoms with Crippen LogP contribution in [-0.2, 0) is 15.0 Å². The Hall–Kier alpha value is -1.86. The first-order valence-electron chi connectivity index (χ1n) is 11.1. The number of thiocarbonyl (C=S) groups is 1. The molecule has 164 valence electrons. The number of carbonyl (C=O) groups excluding carboxylic acids is 1. The molecule has 5 nitrogen and oxygen atoms in total. The smallest absolute Gasteiger partial charge is 0.323 e. The van der Waals surface area contributed by atoms with E-state index in [-0.39, 0.29) is 15.6 Å². The van der Waals surface area contributed by atoms with Crippen LogP contribution in [0.4, 0.5) is 0 Å². The van der Waals surface area contributed by atoms with E-state index >= 15 is 0 Å². The number of ether oxygens (including phenoxy) is 1. The van der Waals surface area contributed by atoms with Gasteiger partial charge in [0.15, 0.2) is 0 Å². The van der Waals surface area contributed by atoms with E-state index in [1.165, 1.54) is 44.1 Å². The zero-order valence-corrected chi connectivity index (χ0v) is 19.3. The molecular weight excluding hydrogens is 430 g/mol. The molecule has 31 heavy (non-hydrogen) atoms. The third kappa shape index (κ3) is 3.80. The first-order chi connectivity index (χ1) is 14.9. The standard InChI is InChI=1S/C24H27NO4S2/c1-2-29-19-4-3-18(24-10-14-5-15(11-24)7-16(6-14)12-24)8-17(19)9-20-22(28)25(13-21(26)27)23(30)31-20/h3-4,8-9,14-16H,2,5-7,10-13H2,1H3,(H,26,27)/b20-9-. The molecule has 0 aromatic heterocycles. The van der Waals surface area contributed by atoms with E-state index < -0.39 is 12.5 Å². The molecule has 1 aromatic carbocycles. The number of amides is 1. The number of aliphatic carboxylic acids is 1. The average molecular weight is 458 g/mol. The fourth-order valence-electron chi connectivity index (χ4n) is 6.66. The Labute approximate surface area is 192 Å². The molecular formula is C24H27NO4S2. The van der Waals surface area contributed by atoms with Crippen molar-refractivity contribution in [3.63, 3.8) is 0 Å². The molecule has 0 radical (unpaired) electrons. The molecule has 1 aromatic rings. The lowest BCUT2D eigenvalue weighted by Gasteiger charge is -2.57. The fraction of sp³-hybridized carbons (Fsp3) is 0.542. The van der Waals surface area contributed by atoms with Gasteiger partial charge >= 0.3 is 5.97 Å². The highest BCUT2D eigenvalue weighted by atomic mass is 32.2. The Kier molecular flexibility index (Phi) is 5.37. The molecule has 1 N–H and O–H groups in total. The van der Waals surface area contributed by atoms with Crippen molar-refractivity contribution in [3.05, 3.63) is 34.2 Å². The van der Waals surface area contributed by atoms with Gasteiger partial charge in [-0.3, -0.25) is 14.5 Å². The summed E-state index contributed by atoms with van der Waals surface area (Å²) in [6.07, 6.45) is 9.84. The molecule has 5 fully saturated rings. The van der Waals surface area contributed by atoms with E-state index in [9.17, 15) is 9.59 Å². The van der Waals surface area contributed by atoms with E-state index in [4.69, 9.17) is 22.1 Å². The van der Waals surface area contributed by atoms with E-state index in [1.54, 1.807) is 0 Å². The summed E-state index contributed by atoms with van der Waals surface area (Å²) >= 11 is 6.41. The van der Waals surface area contributed by atoms with Gasteiger partial charge in [-0.2, -0.15) is 0 Å². The number of benzene rings is 1. The molecule has 1 saturated heterocycles. The minimum atomic E-state index is -1.07. The van der Waals surface area contributed by atoms with Crippen molar-refractivity contribution < 1.29 is 19.4 Å². The van der Waals surface area contributed by atoms with Gasteiger partial charge in [0.1, 0.15) is 16.6 Å². The second kappa shape index (κ2) is 7.93. The summed E-state index contributed by atoms with van der Waals surface area (Å²) in [5.41, 5.74) is 2.50. The lowest BCUT2D eigenvalue weighted by molar-refractivity contribution is -0.140. The Bertz CT molecular complexity index is 951. The van der Waals surface area contributed by atoms with Crippen LogP contribution >= 0.6 is 24.0 Å². The van der Waals surface area contributed by atoms with Gasteiger partial charge in [0.05, 0.1) is 11.5 Å². The van der Waals surface area contributed by atoms with Gasteiger partial charge < -0.3 is 9.84 Å². The average Bonchev–Trinajstić information content (AvgIpc) is 2.95. The van der Waals surface area contributed by atoms with Crippen molar-refractivity contribution in [2.45, 2.75) is 50.9 Å². The van der Waals surface area contributed by atoms with Gasteiger partial charge in [-0.25, -0.2) is 0 Å². The van der Waals surface area contributed by atoms with Gasteiger partial charge in [-0.15, -0.1) is 0 Å². The summed E-state index contributed by atoms with van der Waals surface area (Å²) in [5.74, 6) is 1.89. The van der Waals surface area contributed by atoms with E-state index in [1.807, 2.05) is 19.1 Å². The molecule has 0 atom stereocenters. The largest absolute Gasteiger partial charge is 0.493 e. The molecule has 0 unspecified atom stereocenters. The maximum atomic E-state index is 12.8. The second-order valence-electron chi connectivity index (χ2n) is 9.55. The number of carboxylic acid groups (broad SMARTS) is 1. The minimum Gasteiger partial charge on any atom is -0.493 e. The lowest BCUT2D eigenvalue weighted by atomic mass is 9.48. The van der Waals surface area contributed by atoms with Crippen molar-refractivity contribution in [3.8, 4) is 5.75 Å². The van der Waals surface area contributed by atoms with Crippen LogP contribution in [0.25, 0.3) is 6.08 Å². The van der Waals surface area contributed by atoms with E-state index in [2.05, 4.69) is 12.1 Å². The van der Waals surface area contributed by atoms with Gasteiger partial charge in [-0.1, -0.05) is 30.0 Å². The lowest BCUT2D eigenvalue weighted by Crippen LogP contribution is -2.48. The molecule has 6 rings (SSSR count). The highest BCUT2D eigenvalue weighted by Gasteiger charge is 2.51. The summed E-state index contributed by atoms with van der Waals surface area (Å²) in [4.78, 5) is 25.5. The van der Waals surface area contributed by atoms with Crippen molar-refractivity contribution in [2.24, 2.45) is 17.8 Å². The monoisotopic (exact) mass is 457 g/mol. The molecule has 4 saturated carbocycles. The highest BCUT2D eigenvalue weighted by Crippen LogP contribution is 2.61. The molecule has 0 spiro atoms. The topological polar surface area (TPSA) is 66.8 Å². The Balaban J connectivity index is 1.50. The molecule has 1 heterocycles. The van der Waals surface area contributed by atoms with Gasteiger partial charge in [-0.05, 0) is 92.4 Å². The van der Waals surface area contributed by atoms with Crippen LogP contribution in [0.2, 0.25) is 0 Å². The predicted molar refractivity (Wildman–Crippen MR) is 125 cm³/mol. The summed E-state index contributed by atoms with van der Waals surface area (Å²) in [6.45, 7) is 2.08. The third-order valence-corrected chi connectivity index (χ3v) is 8.79. The number of hydrogen-bond acceptors (Lipinski definition) is 5. The molecule has 7 heteroatoms. The number of hydrogen-bond donors (Lipinski definition) is 1. The second-order valence-corrected chi connectivity index (χ2v) is 11.2. The summed E-state index contributed by atoms with van der Waals surface area (Å²) in [5, 5.41) is 9.09.